The third-order valence-electron chi connectivity index (χ3n) is 8.04. The van der Waals surface area contributed by atoms with Crippen molar-refractivity contribution in [3.8, 4) is 0 Å². The largest absolute Gasteiger partial charge is 0.352 e. The van der Waals surface area contributed by atoms with Gasteiger partial charge in [-0.05, 0) is 55.7 Å². The number of sulfonamides is 1. The molecule has 0 radical (unpaired) electrons. The van der Waals surface area contributed by atoms with Crippen LogP contribution in [0.3, 0.4) is 0 Å². The van der Waals surface area contributed by atoms with Crippen LogP contribution in [-0.4, -0.2) is 50.3 Å². The van der Waals surface area contributed by atoms with Gasteiger partial charge in [0.1, 0.15) is 6.04 Å². The predicted octanol–water partition coefficient (Wildman–Crippen LogP) is 5.04. The third kappa shape index (κ3) is 5.81. The molecule has 39 heavy (non-hydrogen) atoms. The second-order valence-corrected chi connectivity index (χ2v) is 12.5. The zero-order valence-corrected chi connectivity index (χ0v) is 23.3. The quantitative estimate of drug-likeness (QED) is 0.385. The van der Waals surface area contributed by atoms with E-state index in [0.717, 1.165) is 42.0 Å². The van der Waals surface area contributed by atoms with Gasteiger partial charge in [0.25, 0.3) is 10.0 Å². The van der Waals surface area contributed by atoms with Crippen molar-refractivity contribution in [2.24, 2.45) is 0 Å². The van der Waals surface area contributed by atoms with E-state index in [0.29, 0.717) is 30.0 Å². The Kier molecular flexibility index (Phi) is 8.21. The Hall–Kier alpha value is -3.39. The van der Waals surface area contributed by atoms with E-state index in [9.17, 15) is 18.0 Å². The molecule has 1 aliphatic carbocycles. The number of carbonyl (C=O) groups excluding carboxylic acids is 2. The molecular weight excluding hydrogens is 510 g/mol. The van der Waals surface area contributed by atoms with Gasteiger partial charge in [0.15, 0.2) is 0 Å². The van der Waals surface area contributed by atoms with Crippen LogP contribution in [0.5, 0.6) is 0 Å². The summed E-state index contributed by atoms with van der Waals surface area (Å²) < 4.78 is 28.0. The molecule has 0 aromatic heterocycles. The van der Waals surface area contributed by atoms with Gasteiger partial charge in [0.05, 0.1) is 10.6 Å². The highest BCUT2D eigenvalue weighted by atomic mass is 32.2. The summed E-state index contributed by atoms with van der Waals surface area (Å²) in [5.74, 6) is -0.253. The van der Waals surface area contributed by atoms with Crippen LogP contribution in [0.4, 0.5) is 5.69 Å². The molecule has 2 amide bonds. The normalized spacial score (nSPS) is 17.2. The molecular formula is C31H37N3O4S. The van der Waals surface area contributed by atoms with Crippen LogP contribution >= 0.6 is 0 Å². The molecule has 1 heterocycles. The molecule has 206 valence electrons. The first-order valence-electron chi connectivity index (χ1n) is 14.0. The molecule has 3 aromatic carbocycles. The number of hydrogen-bond donors (Lipinski definition) is 1. The minimum atomic E-state index is -3.66. The molecule has 3 aromatic rings. The fourth-order valence-electron chi connectivity index (χ4n) is 5.86. The molecule has 0 saturated heterocycles. The number of carbonyl (C=O) groups is 2. The number of amides is 2. The number of hydrogen-bond acceptors (Lipinski definition) is 4. The zero-order chi connectivity index (χ0) is 27.4. The van der Waals surface area contributed by atoms with E-state index in [-0.39, 0.29) is 30.8 Å². The maximum absolute atomic E-state index is 13.5. The highest BCUT2D eigenvalue weighted by Crippen LogP contribution is 2.42. The monoisotopic (exact) mass is 547 g/mol. The summed E-state index contributed by atoms with van der Waals surface area (Å²) in [6, 6.07) is 20.4. The van der Waals surface area contributed by atoms with Crippen LogP contribution in [0.15, 0.2) is 71.6 Å². The number of benzene rings is 3. The maximum atomic E-state index is 13.5. The minimum absolute atomic E-state index is 0.118. The Morgan fingerprint density at radius 3 is 2.44 bits per heavy atom. The fourth-order valence-corrected chi connectivity index (χ4v) is 7.60. The van der Waals surface area contributed by atoms with E-state index in [2.05, 4.69) is 5.32 Å². The summed E-state index contributed by atoms with van der Waals surface area (Å²) in [5.41, 5.74) is 1.76. The first kappa shape index (κ1) is 27.2. The average molecular weight is 548 g/mol. The molecule has 0 spiro atoms. The van der Waals surface area contributed by atoms with Gasteiger partial charge in [-0.2, -0.15) is 0 Å². The van der Waals surface area contributed by atoms with Crippen molar-refractivity contribution in [1.29, 1.82) is 0 Å². The second-order valence-electron chi connectivity index (χ2n) is 10.7. The summed E-state index contributed by atoms with van der Waals surface area (Å²) in [7, 11) is -3.66. The van der Waals surface area contributed by atoms with Gasteiger partial charge in [-0.15, -0.1) is 0 Å². The van der Waals surface area contributed by atoms with Crippen molar-refractivity contribution in [1.82, 2.24) is 10.2 Å². The van der Waals surface area contributed by atoms with Crippen LogP contribution in [-0.2, 0) is 26.0 Å². The summed E-state index contributed by atoms with van der Waals surface area (Å²) in [6.07, 6.45) is 6.57. The number of rotatable bonds is 10. The van der Waals surface area contributed by atoms with Gasteiger partial charge >= 0.3 is 0 Å². The molecule has 5 rings (SSSR count). The second kappa shape index (κ2) is 11.8. The lowest BCUT2D eigenvalue weighted by Gasteiger charge is -2.31. The first-order chi connectivity index (χ1) is 18.9. The fraction of sp³-hybridized carbons (Fsp3) is 0.419. The third-order valence-corrected chi connectivity index (χ3v) is 9.89. The number of nitrogens with one attached hydrogen (secondary N) is 1. The van der Waals surface area contributed by atoms with Crippen LogP contribution in [0.25, 0.3) is 10.8 Å². The van der Waals surface area contributed by atoms with E-state index in [1.54, 1.807) is 24.0 Å². The summed E-state index contributed by atoms with van der Waals surface area (Å²) in [6.45, 7) is 2.43. The molecule has 0 bridgehead atoms. The molecule has 8 heteroatoms. The van der Waals surface area contributed by atoms with Crippen LogP contribution in [0.1, 0.15) is 57.4 Å². The lowest BCUT2D eigenvalue weighted by Crippen LogP contribution is -2.51. The molecule has 2 aliphatic rings. The van der Waals surface area contributed by atoms with E-state index in [1.807, 2.05) is 54.6 Å². The van der Waals surface area contributed by atoms with Gasteiger partial charge < -0.3 is 10.2 Å². The smallest absolute Gasteiger partial charge is 0.265 e. The van der Waals surface area contributed by atoms with Crippen LogP contribution in [0.2, 0.25) is 0 Å². The standard InChI is InChI=1S/C31H37N3O4S/c1-23(31(36)32-26-15-6-3-7-16-26)33(22-20-24-11-4-2-5-12-24)29(35)19-10-21-34-27-17-8-13-25-14-9-18-28(30(25)27)39(34,37)38/h2,4-5,8-9,11-14,17-18,23,26H,3,6-7,10,15-16,19-22H2,1H3,(H,32,36). The van der Waals surface area contributed by atoms with E-state index in [1.165, 1.54) is 10.7 Å². The van der Waals surface area contributed by atoms with Gasteiger partial charge in [-0.3, -0.25) is 13.9 Å². The maximum Gasteiger partial charge on any atom is 0.265 e. The molecule has 1 aliphatic heterocycles. The number of nitrogens with zero attached hydrogens (tertiary/aromatic N) is 2. The summed E-state index contributed by atoms with van der Waals surface area (Å²) in [5, 5.41) is 4.79. The summed E-state index contributed by atoms with van der Waals surface area (Å²) >= 11 is 0. The highest BCUT2D eigenvalue weighted by Gasteiger charge is 2.35. The average Bonchev–Trinajstić information content (AvgIpc) is 3.17. The Balaban J connectivity index is 1.26. The Bertz CT molecular complexity index is 1430. The Labute approximate surface area is 231 Å². The summed E-state index contributed by atoms with van der Waals surface area (Å²) in [4.78, 5) is 28.7. The molecule has 7 nitrogen and oxygen atoms in total. The molecule has 1 fully saturated rings. The lowest BCUT2D eigenvalue weighted by atomic mass is 9.95. The van der Waals surface area contributed by atoms with Gasteiger partial charge in [0, 0.05) is 30.9 Å². The van der Waals surface area contributed by atoms with Crippen molar-refractivity contribution >= 4 is 38.3 Å². The molecule has 1 unspecified atom stereocenters. The highest BCUT2D eigenvalue weighted by molar-refractivity contribution is 7.93. The van der Waals surface area contributed by atoms with Crippen molar-refractivity contribution in [3.63, 3.8) is 0 Å². The van der Waals surface area contributed by atoms with Crippen LogP contribution in [0, 0.1) is 0 Å². The minimum Gasteiger partial charge on any atom is -0.352 e. The topological polar surface area (TPSA) is 86.8 Å². The van der Waals surface area contributed by atoms with Gasteiger partial charge in [-0.25, -0.2) is 8.42 Å². The molecule has 1 saturated carbocycles. The SMILES string of the molecule is CC(C(=O)NC1CCCCC1)N(CCc1ccccc1)C(=O)CCCN1c2cccc3cccc(c23)S1(=O)=O. The van der Waals surface area contributed by atoms with Crippen molar-refractivity contribution in [2.45, 2.75) is 75.3 Å². The predicted molar refractivity (Wildman–Crippen MR) is 154 cm³/mol. The Morgan fingerprint density at radius 1 is 0.974 bits per heavy atom. The lowest BCUT2D eigenvalue weighted by molar-refractivity contribution is -0.140. The number of anilines is 1. The van der Waals surface area contributed by atoms with Gasteiger partial charge in [0.2, 0.25) is 11.8 Å². The van der Waals surface area contributed by atoms with Gasteiger partial charge in [-0.1, -0.05) is 73.9 Å². The molecule has 1 atom stereocenters. The van der Waals surface area contributed by atoms with Crippen LogP contribution < -0.4 is 9.62 Å². The van der Waals surface area contributed by atoms with E-state index in [4.69, 9.17) is 0 Å². The van der Waals surface area contributed by atoms with Crippen molar-refractivity contribution in [2.75, 3.05) is 17.4 Å². The zero-order valence-electron chi connectivity index (χ0n) is 22.5. The van der Waals surface area contributed by atoms with E-state index < -0.39 is 16.1 Å². The van der Waals surface area contributed by atoms with Crippen molar-refractivity contribution < 1.29 is 18.0 Å². The van der Waals surface area contributed by atoms with Crippen molar-refractivity contribution in [3.05, 3.63) is 72.3 Å². The first-order valence-corrected chi connectivity index (χ1v) is 15.5. The molecule has 1 N–H and O–H groups in total. The Morgan fingerprint density at radius 2 is 1.69 bits per heavy atom. The van der Waals surface area contributed by atoms with E-state index >= 15 is 0 Å².